The summed E-state index contributed by atoms with van der Waals surface area (Å²) in [5, 5.41) is 9.03. The van der Waals surface area contributed by atoms with E-state index in [2.05, 4.69) is 0 Å². The summed E-state index contributed by atoms with van der Waals surface area (Å²) in [6, 6.07) is 0.256. The third-order valence-electron chi connectivity index (χ3n) is 4.74. The van der Waals surface area contributed by atoms with E-state index in [9.17, 15) is 18.0 Å². The van der Waals surface area contributed by atoms with Crippen LogP contribution < -0.4 is 0 Å². The zero-order valence-electron chi connectivity index (χ0n) is 11.5. The number of rotatable bonds is 4. The normalized spacial score (nSPS) is 29.0. The molecule has 0 amide bonds. The van der Waals surface area contributed by atoms with Crippen LogP contribution in [0.3, 0.4) is 0 Å². The fourth-order valence-electron chi connectivity index (χ4n) is 3.68. The van der Waals surface area contributed by atoms with E-state index in [4.69, 9.17) is 5.11 Å². The Morgan fingerprint density at radius 3 is 1.95 bits per heavy atom. The lowest BCUT2D eigenvalue weighted by molar-refractivity contribution is -0.185. The highest BCUT2D eigenvalue weighted by atomic mass is 19.4. The van der Waals surface area contributed by atoms with Gasteiger partial charge in [-0.3, -0.25) is 9.69 Å². The van der Waals surface area contributed by atoms with Crippen molar-refractivity contribution in [2.24, 2.45) is 5.92 Å². The topological polar surface area (TPSA) is 40.5 Å². The van der Waals surface area contributed by atoms with Gasteiger partial charge in [-0.15, -0.1) is 0 Å². The minimum Gasteiger partial charge on any atom is -0.480 e. The Morgan fingerprint density at radius 1 is 1.00 bits per heavy atom. The molecule has 2 fully saturated rings. The standard InChI is InChI=1S/C14H22F3NO2/c15-14(16,17)10-5-7-12(8-6-10)18(9-13(19)20)11-3-1-2-4-11/h10-12H,1-9H2,(H,19,20). The summed E-state index contributed by atoms with van der Waals surface area (Å²) in [6.45, 7) is -0.0357. The van der Waals surface area contributed by atoms with Gasteiger partial charge in [0.25, 0.3) is 0 Å². The maximum Gasteiger partial charge on any atom is 0.391 e. The maximum absolute atomic E-state index is 12.7. The molecule has 2 aliphatic carbocycles. The lowest BCUT2D eigenvalue weighted by Crippen LogP contribution is -2.47. The van der Waals surface area contributed by atoms with Crippen LogP contribution in [-0.4, -0.2) is 40.8 Å². The molecular weight excluding hydrogens is 271 g/mol. The first-order valence-corrected chi connectivity index (χ1v) is 7.42. The molecule has 0 spiro atoms. The quantitative estimate of drug-likeness (QED) is 0.863. The van der Waals surface area contributed by atoms with E-state index < -0.39 is 18.1 Å². The van der Waals surface area contributed by atoms with Crippen LogP contribution in [0.1, 0.15) is 51.4 Å². The molecule has 0 aromatic heterocycles. The number of aliphatic carboxylic acids is 1. The molecule has 1 N–H and O–H groups in total. The van der Waals surface area contributed by atoms with Crippen LogP contribution in [-0.2, 0) is 4.79 Å². The molecule has 0 aromatic carbocycles. The SMILES string of the molecule is O=C(O)CN(C1CCCC1)C1CCC(C(F)(F)F)CC1. The van der Waals surface area contributed by atoms with Crippen molar-refractivity contribution in [2.45, 2.75) is 69.6 Å². The number of nitrogens with zero attached hydrogens (tertiary/aromatic N) is 1. The number of alkyl halides is 3. The van der Waals surface area contributed by atoms with E-state index in [1.54, 1.807) is 0 Å². The monoisotopic (exact) mass is 293 g/mol. The lowest BCUT2D eigenvalue weighted by Gasteiger charge is -2.39. The molecule has 116 valence electrons. The highest BCUT2D eigenvalue weighted by Crippen LogP contribution is 2.40. The van der Waals surface area contributed by atoms with Crippen molar-refractivity contribution in [1.82, 2.24) is 4.90 Å². The van der Waals surface area contributed by atoms with Gasteiger partial charge in [0, 0.05) is 12.1 Å². The van der Waals surface area contributed by atoms with Crippen molar-refractivity contribution >= 4 is 5.97 Å². The molecule has 3 nitrogen and oxygen atoms in total. The maximum atomic E-state index is 12.7. The third-order valence-corrected chi connectivity index (χ3v) is 4.74. The highest BCUT2D eigenvalue weighted by molar-refractivity contribution is 5.69. The number of carboxylic acid groups (broad SMARTS) is 1. The summed E-state index contributed by atoms with van der Waals surface area (Å²) in [5.74, 6) is -2.08. The van der Waals surface area contributed by atoms with Crippen LogP contribution in [0.2, 0.25) is 0 Å². The fourth-order valence-corrected chi connectivity index (χ4v) is 3.68. The molecule has 2 rings (SSSR count). The van der Waals surface area contributed by atoms with Crippen LogP contribution in [0, 0.1) is 5.92 Å². The van der Waals surface area contributed by atoms with Crippen LogP contribution >= 0.6 is 0 Å². The first-order valence-electron chi connectivity index (χ1n) is 7.42. The number of halogens is 3. The van der Waals surface area contributed by atoms with Crippen LogP contribution in [0.15, 0.2) is 0 Å². The summed E-state index contributed by atoms with van der Waals surface area (Å²) < 4.78 is 38.0. The van der Waals surface area contributed by atoms with Gasteiger partial charge >= 0.3 is 12.1 Å². The Bertz CT molecular complexity index is 332. The van der Waals surface area contributed by atoms with E-state index in [0.29, 0.717) is 12.8 Å². The zero-order chi connectivity index (χ0) is 14.8. The molecule has 20 heavy (non-hydrogen) atoms. The predicted octanol–water partition coefficient (Wildman–Crippen LogP) is 3.44. The van der Waals surface area contributed by atoms with Crippen LogP contribution in [0.25, 0.3) is 0 Å². The average Bonchev–Trinajstić information content (AvgIpc) is 2.88. The van der Waals surface area contributed by atoms with Crippen molar-refractivity contribution in [3.8, 4) is 0 Å². The molecule has 0 bridgehead atoms. The summed E-state index contributed by atoms with van der Waals surface area (Å²) in [7, 11) is 0. The van der Waals surface area contributed by atoms with Crippen molar-refractivity contribution < 1.29 is 23.1 Å². The van der Waals surface area contributed by atoms with Gasteiger partial charge in [0.1, 0.15) is 0 Å². The van der Waals surface area contributed by atoms with Gasteiger partial charge in [-0.1, -0.05) is 12.8 Å². The second-order valence-corrected chi connectivity index (χ2v) is 6.05. The Labute approximate surface area is 117 Å². The molecule has 0 atom stereocenters. The van der Waals surface area contributed by atoms with E-state index in [0.717, 1.165) is 25.7 Å². The van der Waals surface area contributed by atoms with E-state index in [1.165, 1.54) is 0 Å². The smallest absolute Gasteiger partial charge is 0.391 e. The van der Waals surface area contributed by atoms with Gasteiger partial charge in [-0.25, -0.2) is 0 Å². The van der Waals surface area contributed by atoms with Gasteiger partial charge < -0.3 is 5.11 Å². The molecule has 0 unspecified atom stereocenters. The minimum atomic E-state index is -4.10. The largest absolute Gasteiger partial charge is 0.480 e. The second kappa shape index (κ2) is 6.33. The first-order chi connectivity index (χ1) is 9.38. The zero-order valence-corrected chi connectivity index (χ0v) is 11.5. The molecule has 2 saturated carbocycles. The molecule has 0 heterocycles. The van der Waals surface area contributed by atoms with Crippen molar-refractivity contribution in [3.05, 3.63) is 0 Å². The first kappa shape index (κ1) is 15.6. The van der Waals surface area contributed by atoms with E-state index in [-0.39, 0.29) is 31.5 Å². The number of carbonyl (C=O) groups is 1. The van der Waals surface area contributed by atoms with Gasteiger partial charge in [0.15, 0.2) is 0 Å². The van der Waals surface area contributed by atoms with E-state index >= 15 is 0 Å². The molecule has 0 aromatic rings. The molecule has 6 heteroatoms. The average molecular weight is 293 g/mol. The lowest BCUT2D eigenvalue weighted by atomic mass is 9.84. The van der Waals surface area contributed by atoms with E-state index in [1.807, 2.05) is 4.90 Å². The van der Waals surface area contributed by atoms with Crippen molar-refractivity contribution in [3.63, 3.8) is 0 Å². The van der Waals surface area contributed by atoms with Gasteiger partial charge in [0.2, 0.25) is 0 Å². The molecule has 0 radical (unpaired) electrons. The third kappa shape index (κ3) is 3.87. The molecule has 0 aliphatic heterocycles. The summed E-state index contributed by atoms with van der Waals surface area (Å²) in [5.41, 5.74) is 0. The van der Waals surface area contributed by atoms with Crippen LogP contribution in [0.5, 0.6) is 0 Å². The second-order valence-electron chi connectivity index (χ2n) is 6.05. The fraction of sp³-hybridized carbons (Fsp3) is 0.929. The Hall–Kier alpha value is -0.780. The summed E-state index contributed by atoms with van der Waals surface area (Å²) >= 11 is 0. The van der Waals surface area contributed by atoms with Crippen molar-refractivity contribution in [2.75, 3.05) is 6.54 Å². The summed E-state index contributed by atoms with van der Waals surface area (Å²) in [6.07, 6.45) is 1.25. The Kier molecular flexibility index (Phi) is 4.94. The Morgan fingerprint density at radius 2 is 1.50 bits per heavy atom. The highest BCUT2D eigenvalue weighted by Gasteiger charge is 2.43. The number of carboxylic acids is 1. The van der Waals surface area contributed by atoms with Crippen LogP contribution in [0.4, 0.5) is 13.2 Å². The van der Waals surface area contributed by atoms with Gasteiger partial charge in [-0.2, -0.15) is 13.2 Å². The van der Waals surface area contributed by atoms with Gasteiger partial charge in [-0.05, 0) is 38.5 Å². The molecule has 2 aliphatic rings. The molecular formula is C14H22F3NO2. The number of hydrogen-bond acceptors (Lipinski definition) is 2. The van der Waals surface area contributed by atoms with Crippen molar-refractivity contribution in [1.29, 1.82) is 0 Å². The number of hydrogen-bond donors (Lipinski definition) is 1. The minimum absolute atomic E-state index is 0.00722. The predicted molar refractivity (Wildman–Crippen MR) is 68.4 cm³/mol. The molecule has 0 saturated heterocycles. The Balaban J connectivity index is 1.95. The summed E-state index contributed by atoms with van der Waals surface area (Å²) in [4.78, 5) is 13.0. The van der Waals surface area contributed by atoms with Gasteiger partial charge in [0.05, 0.1) is 12.5 Å².